The predicted octanol–water partition coefficient (Wildman–Crippen LogP) is 9.18. The van der Waals surface area contributed by atoms with Crippen LogP contribution in [0.4, 0.5) is 0 Å². The predicted molar refractivity (Wildman–Crippen MR) is 242 cm³/mol. The van der Waals surface area contributed by atoms with Crippen molar-refractivity contribution in [1.29, 1.82) is 0 Å². The van der Waals surface area contributed by atoms with E-state index in [1.165, 1.54) is 36.4 Å². The van der Waals surface area contributed by atoms with Crippen LogP contribution in [0.5, 0.6) is 0 Å². The summed E-state index contributed by atoms with van der Waals surface area (Å²) >= 11 is 0. The maximum atomic E-state index is 11.1. The molecule has 3 N–H and O–H groups in total. The molecule has 0 aliphatic heterocycles. The van der Waals surface area contributed by atoms with Crippen LogP contribution in [0.1, 0.15) is 97.8 Å². The van der Waals surface area contributed by atoms with E-state index >= 15 is 0 Å². The van der Waals surface area contributed by atoms with Crippen molar-refractivity contribution in [2.75, 3.05) is 0 Å². The van der Waals surface area contributed by atoms with Crippen molar-refractivity contribution in [3.63, 3.8) is 0 Å². The molecule has 0 atom stereocenters. The molecule has 0 saturated heterocycles. The van der Waals surface area contributed by atoms with Crippen molar-refractivity contribution in [3.8, 4) is 71.0 Å². The van der Waals surface area contributed by atoms with Crippen molar-refractivity contribution >= 4 is 17.9 Å². The Morgan fingerprint density at radius 2 is 0.349 bits per heavy atom. The van der Waals surface area contributed by atoms with Crippen LogP contribution in [0.25, 0.3) is 0 Å². The number of carboxylic acids is 3. The quantitative estimate of drug-likeness (QED) is 0.154. The highest BCUT2D eigenvalue weighted by Crippen LogP contribution is 2.13. The van der Waals surface area contributed by atoms with E-state index in [1.807, 2.05) is 91.0 Å². The van der Waals surface area contributed by atoms with E-state index in [4.69, 9.17) is 15.3 Å². The van der Waals surface area contributed by atoms with Crippen LogP contribution in [0.2, 0.25) is 0 Å². The summed E-state index contributed by atoms with van der Waals surface area (Å²) in [5.74, 6) is 35.0. The van der Waals surface area contributed by atoms with Crippen molar-refractivity contribution < 1.29 is 29.7 Å². The van der Waals surface area contributed by atoms with Crippen LogP contribution >= 0.6 is 0 Å². The number of carbonyl (C=O) groups is 3. The Morgan fingerprint density at radius 1 is 0.222 bits per heavy atom. The van der Waals surface area contributed by atoms with Gasteiger partial charge in [-0.1, -0.05) is 71.0 Å². The fourth-order valence-corrected chi connectivity index (χ4v) is 5.71. The zero-order chi connectivity index (χ0) is 44.0. The van der Waals surface area contributed by atoms with Gasteiger partial charge in [-0.05, 0) is 164 Å². The topological polar surface area (TPSA) is 112 Å². The third kappa shape index (κ3) is 12.2. The van der Waals surface area contributed by atoms with Crippen LogP contribution < -0.4 is 0 Å². The zero-order valence-electron chi connectivity index (χ0n) is 33.2. The Morgan fingerprint density at radius 3 is 0.492 bits per heavy atom. The summed E-state index contributed by atoms with van der Waals surface area (Å²) in [4.78, 5) is 33.4. The second-order valence-corrected chi connectivity index (χ2v) is 13.7. The van der Waals surface area contributed by atoms with E-state index in [1.54, 1.807) is 36.4 Å². The molecule has 0 radical (unpaired) electrons. The number of aromatic carboxylic acids is 3. The molecule has 7 aromatic rings. The summed E-state index contributed by atoms with van der Waals surface area (Å²) < 4.78 is 0. The molecule has 0 unspecified atom stereocenters. The molecule has 0 amide bonds. The van der Waals surface area contributed by atoms with E-state index in [0.29, 0.717) is 16.7 Å². The molecule has 294 valence electrons. The molecule has 7 rings (SSSR count). The number of carboxylic acid groups (broad SMARTS) is 3. The fourth-order valence-electron chi connectivity index (χ4n) is 5.71. The van der Waals surface area contributed by atoms with E-state index in [9.17, 15) is 14.4 Å². The maximum Gasteiger partial charge on any atom is 0.335 e. The lowest BCUT2D eigenvalue weighted by atomic mass is 10.0. The van der Waals surface area contributed by atoms with Crippen molar-refractivity contribution in [2.45, 2.75) is 0 Å². The van der Waals surface area contributed by atoms with Crippen LogP contribution in [0.15, 0.2) is 164 Å². The number of rotatable bonds is 3. The summed E-state index contributed by atoms with van der Waals surface area (Å²) in [5, 5.41) is 27.4. The molecular weight excluding hydrogens is 781 g/mol. The molecule has 0 aliphatic carbocycles. The Kier molecular flexibility index (Phi) is 13.1. The first-order valence-corrected chi connectivity index (χ1v) is 19.2. The lowest BCUT2D eigenvalue weighted by Gasteiger charge is -1.99. The molecule has 0 spiro atoms. The lowest BCUT2D eigenvalue weighted by Crippen LogP contribution is -1.94. The Balaban J connectivity index is 1.11. The van der Waals surface area contributed by atoms with Gasteiger partial charge in [-0.2, -0.15) is 0 Å². The molecule has 0 bridgehead atoms. The smallest absolute Gasteiger partial charge is 0.335 e. The third-order valence-electron chi connectivity index (χ3n) is 9.09. The average Bonchev–Trinajstić information content (AvgIpc) is 3.31. The van der Waals surface area contributed by atoms with Gasteiger partial charge in [-0.3, -0.25) is 0 Å². The largest absolute Gasteiger partial charge is 0.478 e. The molecule has 0 aromatic heterocycles. The standard InChI is InChI=1S/C57H30O6/c58-55(59)52-31-25-46(26-32-52)16-13-40-1-7-43(8-2-40)19-22-49-37-50(23-20-44-9-3-41(4-10-44)14-17-47-27-33-53(34-28-47)56(60)61)39-51(38-49)24-21-45-11-5-42(6-12-45)15-18-48-29-35-54(36-30-48)57(62)63/h1-12,25-39H,(H,58,59)(H,60,61)(H,62,63). The first-order valence-electron chi connectivity index (χ1n) is 19.2. The second-order valence-electron chi connectivity index (χ2n) is 13.7. The van der Waals surface area contributed by atoms with Crippen LogP contribution in [0, 0.1) is 71.0 Å². The van der Waals surface area contributed by atoms with Gasteiger partial charge in [0, 0.05) is 66.8 Å². The van der Waals surface area contributed by atoms with Gasteiger partial charge in [0.15, 0.2) is 0 Å². The van der Waals surface area contributed by atoms with Crippen LogP contribution in [0.3, 0.4) is 0 Å². The first-order chi connectivity index (χ1) is 30.6. The van der Waals surface area contributed by atoms with Crippen LogP contribution in [-0.4, -0.2) is 33.2 Å². The summed E-state index contributed by atoms with van der Waals surface area (Å²) in [6.07, 6.45) is 0. The van der Waals surface area contributed by atoms with E-state index in [-0.39, 0.29) is 16.7 Å². The molecule has 6 nitrogen and oxygen atoms in total. The van der Waals surface area contributed by atoms with Crippen molar-refractivity contribution in [1.82, 2.24) is 0 Å². The SMILES string of the molecule is O=C(O)c1ccc(C#Cc2ccc(C#Cc3cc(C#Cc4ccc(C#Cc5ccc(C(=O)O)cc5)cc4)cc(C#Cc4ccc(C#Cc5ccc(C(=O)O)cc5)cc4)c3)cc2)cc1. The van der Waals surface area contributed by atoms with Gasteiger partial charge in [0.2, 0.25) is 0 Å². The highest BCUT2D eigenvalue weighted by atomic mass is 16.4. The first kappa shape index (κ1) is 41.5. The minimum atomic E-state index is -0.984. The van der Waals surface area contributed by atoms with E-state index in [2.05, 4.69) is 71.0 Å². The number of benzene rings is 7. The van der Waals surface area contributed by atoms with Crippen molar-refractivity contribution in [2.24, 2.45) is 0 Å². The highest BCUT2D eigenvalue weighted by Gasteiger charge is 2.03. The lowest BCUT2D eigenvalue weighted by molar-refractivity contribution is 0.0686. The van der Waals surface area contributed by atoms with Gasteiger partial charge < -0.3 is 15.3 Å². The monoisotopic (exact) mass is 810 g/mol. The Hall–Kier alpha value is -9.69. The molecular formula is C57H30O6. The van der Waals surface area contributed by atoms with E-state index < -0.39 is 17.9 Å². The molecule has 7 aromatic carbocycles. The summed E-state index contributed by atoms with van der Waals surface area (Å²) in [6, 6.07) is 47.6. The Labute approximate surface area is 364 Å². The second kappa shape index (κ2) is 19.8. The van der Waals surface area contributed by atoms with Gasteiger partial charge in [0.25, 0.3) is 0 Å². The molecule has 0 aliphatic rings. The average molecular weight is 811 g/mol. The van der Waals surface area contributed by atoms with Gasteiger partial charge in [0.05, 0.1) is 16.7 Å². The number of hydrogen-bond acceptors (Lipinski definition) is 3. The van der Waals surface area contributed by atoms with Gasteiger partial charge >= 0.3 is 17.9 Å². The third-order valence-corrected chi connectivity index (χ3v) is 9.09. The minimum absolute atomic E-state index is 0.206. The minimum Gasteiger partial charge on any atom is -0.478 e. The Bertz CT molecular complexity index is 2900. The normalized spacial score (nSPS) is 9.52. The zero-order valence-corrected chi connectivity index (χ0v) is 33.2. The molecule has 0 heterocycles. The fraction of sp³-hybridized carbons (Fsp3) is 0. The summed E-state index contributed by atoms with van der Waals surface area (Å²) in [6.45, 7) is 0. The summed E-state index contributed by atoms with van der Waals surface area (Å²) in [7, 11) is 0. The van der Waals surface area contributed by atoms with Gasteiger partial charge in [-0.15, -0.1) is 0 Å². The van der Waals surface area contributed by atoms with Crippen molar-refractivity contribution in [3.05, 3.63) is 247 Å². The van der Waals surface area contributed by atoms with Gasteiger partial charge in [0.1, 0.15) is 0 Å². The molecule has 0 fully saturated rings. The maximum absolute atomic E-state index is 11.1. The summed E-state index contributed by atoms with van der Waals surface area (Å²) in [5.41, 5.74) is 9.66. The molecule has 0 saturated carbocycles. The van der Waals surface area contributed by atoms with Crippen LogP contribution in [-0.2, 0) is 0 Å². The molecule has 63 heavy (non-hydrogen) atoms. The van der Waals surface area contributed by atoms with Gasteiger partial charge in [-0.25, -0.2) is 14.4 Å². The molecule has 6 heteroatoms. The highest BCUT2D eigenvalue weighted by molar-refractivity contribution is 5.88. The number of hydrogen-bond donors (Lipinski definition) is 3. The van der Waals surface area contributed by atoms with E-state index in [0.717, 1.165) is 50.1 Å².